The number of carbonyl (C=O) groups is 1. The summed E-state index contributed by atoms with van der Waals surface area (Å²) < 4.78 is 17.8. The number of benzene rings is 1. The van der Waals surface area contributed by atoms with Gasteiger partial charge in [-0.3, -0.25) is 0 Å². The van der Waals surface area contributed by atoms with Gasteiger partial charge in [0.15, 0.2) is 0 Å². The molecule has 1 aliphatic heterocycles. The quantitative estimate of drug-likeness (QED) is 0.591. The molecule has 128 valence electrons. The summed E-state index contributed by atoms with van der Waals surface area (Å²) in [4.78, 5) is 12.9. The molecule has 4 nitrogen and oxygen atoms in total. The van der Waals surface area contributed by atoms with Crippen LogP contribution in [-0.4, -0.2) is 45.0 Å². The van der Waals surface area contributed by atoms with Gasteiger partial charge >= 0.3 is 145 Å². The van der Waals surface area contributed by atoms with E-state index in [1.807, 2.05) is 71.9 Å². The second-order valence-electron chi connectivity index (χ2n) is 7.34. The number of carbonyl (C=O) groups excluding carboxylic acids is 1. The molecule has 0 bridgehead atoms. The van der Waals surface area contributed by atoms with Gasteiger partial charge in [-0.25, -0.2) is 0 Å². The monoisotopic (exact) mass is 386 g/mol. The first kappa shape index (κ1) is 18.5. The minimum absolute atomic E-state index is 0.134. The molecule has 0 aromatic heterocycles. The predicted molar refractivity (Wildman–Crippen MR) is 90.9 cm³/mol. The average Bonchev–Trinajstić information content (AvgIpc) is 2.78. The summed E-state index contributed by atoms with van der Waals surface area (Å²) >= 11 is -0.134. The van der Waals surface area contributed by atoms with E-state index in [9.17, 15) is 4.79 Å². The van der Waals surface area contributed by atoms with E-state index in [1.165, 1.54) is 0 Å². The number of hydrogen-bond acceptors (Lipinski definition) is 4. The molecule has 1 saturated heterocycles. The maximum absolute atomic E-state index is 12.9. The molecule has 2 rings (SSSR count). The molecule has 0 aliphatic carbocycles. The zero-order valence-corrected chi connectivity index (χ0v) is 16.4. The molecule has 0 saturated carbocycles. The van der Waals surface area contributed by atoms with E-state index >= 15 is 0 Å². The van der Waals surface area contributed by atoms with Crippen molar-refractivity contribution in [1.29, 1.82) is 0 Å². The first-order valence-corrected chi connectivity index (χ1v) is 9.52. The molecule has 0 radical (unpaired) electrons. The van der Waals surface area contributed by atoms with Crippen LogP contribution in [-0.2, 0) is 19.0 Å². The molecular weight excluding hydrogens is 359 g/mol. The Kier molecular flexibility index (Phi) is 5.27. The summed E-state index contributed by atoms with van der Waals surface area (Å²) in [5.74, 6) is -0.888. The molecule has 0 spiro atoms. The van der Waals surface area contributed by atoms with Gasteiger partial charge in [-0.2, -0.15) is 0 Å². The van der Waals surface area contributed by atoms with Crippen molar-refractivity contribution in [1.82, 2.24) is 0 Å². The molecule has 0 unspecified atom stereocenters. The molecular formula is C18H26O4Se. The molecule has 0 N–H and O–H groups in total. The molecule has 1 aliphatic rings. The molecule has 0 amide bonds. The Morgan fingerprint density at radius 2 is 1.83 bits per heavy atom. The van der Waals surface area contributed by atoms with Gasteiger partial charge < -0.3 is 0 Å². The predicted octanol–water partition coefficient (Wildman–Crippen LogP) is 2.69. The van der Waals surface area contributed by atoms with Crippen LogP contribution in [0.15, 0.2) is 30.3 Å². The fourth-order valence-electron chi connectivity index (χ4n) is 2.31. The third kappa shape index (κ3) is 4.80. The van der Waals surface area contributed by atoms with Crippen molar-refractivity contribution in [3.63, 3.8) is 0 Å². The zero-order chi connectivity index (χ0) is 17.3. The van der Waals surface area contributed by atoms with E-state index < -0.39 is 15.7 Å². The van der Waals surface area contributed by atoms with Crippen LogP contribution in [0.4, 0.5) is 0 Å². The van der Waals surface area contributed by atoms with E-state index in [2.05, 4.69) is 0 Å². The molecule has 1 heterocycles. The van der Waals surface area contributed by atoms with Gasteiger partial charge in [-0.15, -0.1) is 0 Å². The Bertz CT molecular complexity index is 550. The van der Waals surface area contributed by atoms with E-state index in [1.54, 1.807) is 0 Å². The standard InChI is InChI=1S/C18H26O4Se/c1-16(2,3)22-15(19)18(6,14-12-20-17(4,5)21-14)23-13-10-8-7-9-11-13/h7-11,14H,12H2,1-6H3/t14-,18+/m0/s1. The van der Waals surface area contributed by atoms with Gasteiger partial charge in [0.1, 0.15) is 0 Å². The van der Waals surface area contributed by atoms with Gasteiger partial charge in [0.2, 0.25) is 0 Å². The topological polar surface area (TPSA) is 44.8 Å². The summed E-state index contributed by atoms with van der Waals surface area (Å²) in [6.45, 7) is 11.7. The van der Waals surface area contributed by atoms with Crippen LogP contribution < -0.4 is 4.46 Å². The average molecular weight is 385 g/mol. The van der Waals surface area contributed by atoms with Gasteiger partial charge in [-0.05, 0) is 0 Å². The fraction of sp³-hybridized carbons (Fsp3) is 0.611. The Hall–Kier alpha value is -0.871. The second-order valence-corrected chi connectivity index (χ2v) is 10.5. The Morgan fingerprint density at radius 1 is 1.22 bits per heavy atom. The first-order valence-electron chi connectivity index (χ1n) is 7.81. The number of hydrogen-bond donors (Lipinski definition) is 0. The van der Waals surface area contributed by atoms with Crippen LogP contribution in [0.25, 0.3) is 0 Å². The van der Waals surface area contributed by atoms with Crippen molar-refractivity contribution in [2.24, 2.45) is 0 Å². The summed E-state index contributed by atoms with van der Waals surface area (Å²) in [5, 5.41) is 0. The van der Waals surface area contributed by atoms with E-state index in [4.69, 9.17) is 14.2 Å². The van der Waals surface area contributed by atoms with Crippen LogP contribution in [0.2, 0.25) is 4.31 Å². The van der Waals surface area contributed by atoms with Crippen LogP contribution in [0, 0.1) is 0 Å². The van der Waals surface area contributed by atoms with Gasteiger partial charge in [0.05, 0.1) is 0 Å². The molecule has 1 fully saturated rings. The Morgan fingerprint density at radius 3 is 2.30 bits per heavy atom. The summed E-state index contributed by atoms with van der Waals surface area (Å²) in [5.41, 5.74) is -0.528. The SMILES string of the molecule is CC(C)(C)OC(=O)[C@](C)([Se]c1ccccc1)[C@@H]1COC(C)(C)O1. The molecule has 23 heavy (non-hydrogen) atoms. The summed E-state index contributed by atoms with van der Waals surface area (Å²) in [6, 6.07) is 10.0. The van der Waals surface area contributed by atoms with Gasteiger partial charge in [0, 0.05) is 0 Å². The third-order valence-corrected chi connectivity index (χ3v) is 6.36. The number of ether oxygens (including phenoxy) is 3. The Labute approximate surface area is 145 Å². The zero-order valence-electron chi connectivity index (χ0n) is 14.7. The molecule has 1 aromatic carbocycles. The minimum atomic E-state index is -0.741. The number of esters is 1. The normalized spacial score (nSPS) is 23.3. The van der Waals surface area contributed by atoms with Crippen LogP contribution in [0.5, 0.6) is 0 Å². The fourth-order valence-corrected chi connectivity index (χ4v) is 4.73. The van der Waals surface area contributed by atoms with E-state index in [0.29, 0.717) is 6.61 Å². The van der Waals surface area contributed by atoms with Gasteiger partial charge in [-0.1, -0.05) is 0 Å². The number of rotatable bonds is 4. The Balaban J connectivity index is 2.28. The molecule has 1 aromatic rings. The van der Waals surface area contributed by atoms with Crippen molar-refractivity contribution in [3.05, 3.63) is 30.3 Å². The van der Waals surface area contributed by atoms with Crippen molar-refractivity contribution >= 4 is 25.4 Å². The van der Waals surface area contributed by atoms with Crippen molar-refractivity contribution < 1.29 is 19.0 Å². The second kappa shape index (κ2) is 6.56. The van der Waals surface area contributed by atoms with Crippen molar-refractivity contribution in [2.45, 2.75) is 63.3 Å². The van der Waals surface area contributed by atoms with Crippen LogP contribution in [0.1, 0.15) is 41.5 Å². The summed E-state index contributed by atoms with van der Waals surface area (Å²) in [6.07, 6.45) is -0.312. The van der Waals surface area contributed by atoms with Crippen molar-refractivity contribution in [3.8, 4) is 0 Å². The van der Waals surface area contributed by atoms with Crippen molar-refractivity contribution in [2.75, 3.05) is 6.61 Å². The van der Waals surface area contributed by atoms with E-state index in [0.717, 1.165) is 4.46 Å². The maximum atomic E-state index is 12.9. The first-order chi connectivity index (χ1) is 10.5. The third-order valence-electron chi connectivity index (χ3n) is 3.50. The molecule has 5 heteroatoms. The molecule has 2 atom stereocenters. The van der Waals surface area contributed by atoms with Crippen LogP contribution >= 0.6 is 0 Å². The van der Waals surface area contributed by atoms with Crippen LogP contribution in [0.3, 0.4) is 0 Å². The van der Waals surface area contributed by atoms with Gasteiger partial charge in [0.25, 0.3) is 0 Å². The summed E-state index contributed by atoms with van der Waals surface area (Å²) in [7, 11) is 0. The van der Waals surface area contributed by atoms with E-state index in [-0.39, 0.29) is 27.0 Å².